The van der Waals surface area contributed by atoms with Crippen LogP contribution in [0, 0.1) is 5.82 Å². The molecule has 0 saturated carbocycles. The first kappa shape index (κ1) is 44.1. The van der Waals surface area contributed by atoms with Gasteiger partial charge < -0.3 is 4.90 Å². The number of anilines is 6. The highest BCUT2D eigenvalue weighted by Crippen LogP contribution is 2.65. The van der Waals surface area contributed by atoms with Gasteiger partial charge in [0.15, 0.2) is 5.82 Å². The molecule has 364 valence electrons. The van der Waals surface area contributed by atoms with E-state index in [4.69, 9.17) is 4.98 Å². The van der Waals surface area contributed by atoms with Gasteiger partial charge in [-0.3, -0.25) is 9.88 Å². The maximum Gasteiger partial charge on any atom is 0.156 e. The Bertz CT molecular complexity index is 4480. The van der Waals surface area contributed by atoms with Crippen molar-refractivity contribution in [1.82, 2.24) is 9.97 Å². The van der Waals surface area contributed by atoms with Crippen LogP contribution in [-0.4, -0.2) is 9.97 Å². The summed E-state index contributed by atoms with van der Waals surface area (Å²) in [7, 11) is 0. The monoisotopic (exact) mass is 996 g/mol. The van der Waals surface area contributed by atoms with Crippen molar-refractivity contribution in [2.24, 2.45) is 0 Å². The van der Waals surface area contributed by atoms with Crippen LogP contribution in [0.4, 0.5) is 38.6 Å². The molecule has 3 aliphatic rings. The minimum Gasteiger partial charge on any atom is -0.307 e. The molecule has 0 unspecified atom stereocenters. The third kappa shape index (κ3) is 6.21. The Labute approximate surface area is 451 Å². The van der Waals surface area contributed by atoms with Crippen LogP contribution in [0.5, 0.6) is 0 Å². The quantitative estimate of drug-likeness (QED) is 0.152. The Morgan fingerprint density at radius 1 is 0.333 bits per heavy atom. The van der Waals surface area contributed by atoms with Gasteiger partial charge >= 0.3 is 0 Å². The third-order valence-corrected chi connectivity index (χ3v) is 16.6. The zero-order valence-electron chi connectivity index (χ0n) is 42.1. The maximum absolute atomic E-state index is 16.8. The Morgan fingerprint density at radius 2 is 0.808 bits per heavy atom. The van der Waals surface area contributed by atoms with Crippen LogP contribution in [-0.2, 0) is 5.41 Å². The number of halogens is 1. The molecule has 78 heavy (non-hydrogen) atoms. The van der Waals surface area contributed by atoms with Gasteiger partial charge in [-0.2, -0.15) is 0 Å². The number of benzene rings is 12. The predicted molar refractivity (Wildman–Crippen MR) is 318 cm³/mol. The molecule has 12 aromatic carbocycles. The Hall–Kier alpha value is -10.2. The first-order valence-electron chi connectivity index (χ1n) is 26.6. The van der Waals surface area contributed by atoms with Crippen LogP contribution in [0.3, 0.4) is 0 Å². The zero-order valence-corrected chi connectivity index (χ0v) is 42.1. The van der Waals surface area contributed by atoms with E-state index in [1.807, 2.05) is 30.3 Å². The smallest absolute Gasteiger partial charge is 0.156 e. The van der Waals surface area contributed by atoms with E-state index in [0.29, 0.717) is 5.69 Å². The number of fused-ring (bicyclic) bond motifs is 14. The molecule has 0 radical (unpaired) electrons. The molecular weight excluding hydrogens is 952 g/mol. The van der Waals surface area contributed by atoms with Crippen LogP contribution in [0.25, 0.3) is 88.3 Å². The largest absolute Gasteiger partial charge is 0.307 e. The summed E-state index contributed by atoms with van der Waals surface area (Å²) < 4.78 is 16.8. The lowest BCUT2D eigenvalue weighted by Gasteiger charge is -2.32. The van der Waals surface area contributed by atoms with E-state index in [2.05, 4.69) is 227 Å². The van der Waals surface area contributed by atoms with E-state index in [0.717, 1.165) is 61.6 Å². The van der Waals surface area contributed by atoms with E-state index in [9.17, 15) is 0 Å². The molecule has 4 nitrogen and oxygen atoms in total. The summed E-state index contributed by atoms with van der Waals surface area (Å²) in [6, 6.07) is 90.7. The highest BCUT2D eigenvalue weighted by molar-refractivity contribution is 6.27. The molecule has 0 saturated heterocycles. The summed E-state index contributed by atoms with van der Waals surface area (Å²) in [5, 5.41) is 4.79. The van der Waals surface area contributed by atoms with Crippen LogP contribution in [0.1, 0.15) is 22.3 Å². The molecule has 0 fully saturated rings. The second kappa shape index (κ2) is 17.2. The fraction of sp³-hybridized carbons (Fsp3) is 0.0137. The Morgan fingerprint density at radius 3 is 1.41 bits per heavy atom. The second-order valence-electron chi connectivity index (χ2n) is 20.5. The molecular formula is C73H45FN4. The fourth-order valence-electron chi connectivity index (χ4n) is 13.6. The minimum atomic E-state index is -0.546. The van der Waals surface area contributed by atoms with E-state index >= 15 is 4.39 Å². The molecule has 0 N–H and O–H groups in total. The van der Waals surface area contributed by atoms with Crippen LogP contribution >= 0.6 is 0 Å². The highest BCUT2D eigenvalue weighted by atomic mass is 19.1. The van der Waals surface area contributed by atoms with E-state index in [1.165, 1.54) is 77.5 Å². The predicted octanol–water partition coefficient (Wildman–Crippen LogP) is 19.2. The molecule has 5 heteroatoms. The summed E-state index contributed by atoms with van der Waals surface area (Å²) in [5.74, 6) is 0.446. The van der Waals surface area contributed by atoms with Crippen LogP contribution in [0.2, 0.25) is 0 Å². The molecule has 0 aliphatic heterocycles. The molecule has 1 spiro atoms. The third-order valence-electron chi connectivity index (χ3n) is 16.6. The molecule has 16 rings (SSSR count). The van der Waals surface area contributed by atoms with E-state index in [-0.39, 0.29) is 5.82 Å². The van der Waals surface area contributed by atoms with E-state index in [1.54, 1.807) is 30.7 Å². The lowest BCUT2D eigenvalue weighted by molar-refractivity contribution is 0.629. The molecule has 0 atom stereocenters. The number of aromatic nitrogens is 2. The first-order chi connectivity index (χ1) is 38.7. The van der Waals surface area contributed by atoms with Gasteiger partial charge in [-0.05, 0) is 160 Å². The van der Waals surface area contributed by atoms with Crippen molar-refractivity contribution in [3.63, 3.8) is 0 Å². The van der Waals surface area contributed by atoms with Crippen molar-refractivity contribution < 1.29 is 4.39 Å². The molecule has 0 amide bonds. The highest BCUT2D eigenvalue weighted by Gasteiger charge is 2.52. The number of hydrogen-bond acceptors (Lipinski definition) is 4. The van der Waals surface area contributed by atoms with Gasteiger partial charge in [0.05, 0.1) is 23.0 Å². The van der Waals surface area contributed by atoms with E-state index < -0.39 is 5.41 Å². The number of hydrogen-bond donors (Lipinski definition) is 0. The lowest BCUT2D eigenvalue weighted by atomic mass is 9.70. The average Bonchev–Trinajstić information content (AvgIpc) is 2.65. The first-order valence-corrected chi connectivity index (χ1v) is 26.6. The SMILES string of the molecule is Fc1ccccc1N(c1ccc(-c2c3c(c(-c4ccc(N(c5ccccc5)c5cnccn5)cc4)c4ccccc24)-c2cccc4cccc-3c24)cc1)c1cccc2c1-c1ccccc1C21c2ccccc2-c2ccccc21. The van der Waals surface area contributed by atoms with Crippen molar-refractivity contribution >= 4 is 55.8 Å². The summed E-state index contributed by atoms with van der Waals surface area (Å²) in [5.41, 5.74) is 22.8. The van der Waals surface area contributed by atoms with Gasteiger partial charge in [0.25, 0.3) is 0 Å². The summed E-state index contributed by atoms with van der Waals surface area (Å²) in [6.07, 6.45) is 5.24. The maximum atomic E-state index is 16.8. The molecule has 3 aliphatic carbocycles. The van der Waals surface area contributed by atoms with Crippen molar-refractivity contribution in [3.05, 3.63) is 301 Å². The van der Waals surface area contributed by atoms with Crippen LogP contribution in [0.15, 0.2) is 273 Å². The number of nitrogens with zero attached hydrogens (tertiary/aromatic N) is 4. The van der Waals surface area contributed by atoms with Gasteiger partial charge in [-0.25, -0.2) is 9.37 Å². The van der Waals surface area contributed by atoms with Gasteiger partial charge in [0.2, 0.25) is 0 Å². The minimum absolute atomic E-state index is 0.295. The van der Waals surface area contributed by atoms with Gasteiger partial charge in [-0.15, -0.1) is 0 Å². The van der Waals surface area contributed by atoms with Crippen molar-refractivity contribution in [2.75, 3.05) is 9.80 Å². The summed E-state index contributed by atoms with van der Waals surface area (Å²) in [4.78, 5) is 13.4. The molecule has 13 aromatic rings. The van der Waals surface area contributed by atoms with Gasteiger partial charge in [-0.1, -0.05) is 200 Å². The second-order valence-corrected chi connectivity index (χ2v) is 20.5. The fourth-order valence-corrected chi connectivity index (χ4v) is 13.6. The van der Waals surface area contributed by atoms with Gasteiger partial charge in [0.1, 0.15) is 5.82 Å². The molecule has 1 aromatic heterocycles. The Balaban J connectivity index is 0.889. The zero-order chi connectivity index (χ0) is 51.5. The summed E-state index contributed by atoms with van der Waals surface area (Å²) in [6.45, 7) is 0. The normalized spacial score (nSPS) is 12.8. The average molecular weight is 997 g/mol. The Kier molecular flexibility index (Phi) is 9.70. The standard InChI is InChI=1S/C73H45FN4/c74-63-32-12-13-33-64(63)78(65-34-16-31-62-70(65)56-25-8-11-30-61(56)73(62)59-28-9-6-21-52(59)53-22-7-10-29-60(53)73)51-41-37-48(38-42-51)69-55-24-5-4-23-54(55)68(71-57-26-14-17-46-18-15-27-58(67(46)57)72(69)71)47-35-39-50(40-36-47)77(49-19-2-1-3-20-49)66-45-75-43-44-76-66/h1-45H. The molecule has 0 bridgehead atoms. The van der Waals surface area contributed by atoms with Crippen molar-refractivity contribution in [3.8, 4) is 66.8 Å². The van der Waals surface area contributed by atoms with Gasteiger partial charge in [0, 0.05) is 35.0 Å². The van der Waals surface area contributed by atoms with Crippen molar-refractivity contribution in [2.45, 2.75) is 5.41 Å². The molecule has 1 heterocycles. The lowest BCUT2D eigenvalue weighted by Crippen LogP contribution is -2.26. The number of para-hydroxylation sites is 2. The topological polar surface area (TPSA) is 32.3 Å². The number of rotatable bonds is 8. The van der Waals surface area contributed by atoms with Crippen LogP contribution < -0.4 is 9.80 Å². The van der Waals surface area contributed by atoms with Crippen molar-refractivity contribution in [1.29, 1.82) is 0 Å². The summed E-state index contributed by atoms with van der Waals surface area (Å²) >= 11 is 0.